The highest BCUT2D eigenvalue weighted by Crippen LogP contribution is 2.35. The zero-order valence-electron chi connectivity index (χ0n) is 13.6. The molecule has 0 spiro atoms. The molecule has 2 saturated heterocycles. The van der Waals surface area contributed by atoms with E-state index < -0.39 is 0 Å². The Kier molecular flexibility index (Phi) is 4.68. The van der Waals surface area contributed by atoms with Gasteiger partial charge < -0.3 is 10.2 Å². The van der Waals surface area contributed by atoms with E-state index in [-0.39, 0.29) is 0 Å². The van der Waals surface area contributed by atoms with Crippen LogP contribution in [0.2, 0.25) is 0 Å². The molecule has 0 aromatic rings. The largest absolute Gasteiger partial charge is 0.311 e. The van der Waals surface area contributed by atoms with E-state index >= 15 is 0 Å². The molecule has 116 valence electrons. The minimum atomic E-state index is 0.726. The van der Waals surface area contributed by atoms with Gasteiger partial charge in [-0.2, -0.15) is 0 Å². The highest BCUT2D eigenvalue weighted by molar-refractivity contribution is 4.95. The Balaban J connectivity index is 1.53. The van der Waals surface area contributed by atoms with Crippen molar-refractivity contribution in [3.63, 3.8) is 0 Å². The van der Waals surface area contributed by atoms with Crippen molar-refractivity contribution in [2.75, 3.05) is 32.7 Å². The lowest BCUT2D eigenvalue weighted by Gasteiger charge is -2.41. The average molecular weight is 279 g/mol. The summed E-state index contributed by atoms with van der Waals surface area (Å²) in [5.41, 5.74) is 0. The summed E-state index contributed by atoms with van der Waals surface area (Å²) in [6, 6.07) is 2.29. The molecule has 20 heavy (non-hydrogen) atoms. The van der Waals surface area contributed by atoms with E-state index in [0.29, 0.717) is 0 Å². The summed E-state index contributed by atoms with van der Waals surface area (Å²) < 4.78 is 0. The minimum Gasteiger partial charge on any atom is -0.311 e. The number of nitrogens with one attached hydrogen (secondary N) is 1. The summed E-state index contributed by atoms with van der Waals surface area (Å²) in [7, 11) is 0. The second-order valence-corrected chi connectivity index (χ2v) is 7.61. The van der Waals surface area contributed by atoms with Crippen LogP contribution in [-0.2, 0) is 0 Å². The Labute approximate surface area is 125 Å². The van der Waals surface area contributed by atoms with Crippen LogP contribution in [0.1, 0.15) is 46.5 Å². The van der Waals surface area contributed by atoms with Crippen LogP contribution in [0.4, 0.5) is 0 Å². The molecule has 1 N–H and O–H groups in total. The smallest absolute Gasteiger partial charge is 0.0224 e. The molecule has 2 aliphatic heterocycles. The number of rotatable bonds is 5. The van der Waals surface area contributed by atoms with Gasteiger partial charge in [-0.1, -0.05) is 6.92 Å². The highest BCUT2D eigenvalue weighted by Gasteiger charge is 2.37. The topological polar surface area (TPSA) is 18.5 Å². The maximum atomic E-state index is 3.81. The van der Waals surface area contributed by atoms with Gasteiger partial charge in [0.1, 0.15) is 0 Å². The van der Waals surface area contributed by atoms with Crippen molar-refractivity contribution >= 4 is 0 Å². The molecule has 0 amide bonds. The predicted octanol–water partition coefficient (Wildman–Crippen LogP) is 2.18. The number of likely N-dealkylation sites (tertiary alicyclic amines) is 1. The first-order valence-electron chi connectivity index (χ1n) is 8.88. The third-order valence-corrected chi connectivity index (χ3v) is 5.77. The summed E-state index contributed by atoms with van der Waals surface area (Å²) in [5, 5.41) is 3.81. The van der Waals surface area contributed by atoms with Crippen LogP contribution < -0.4 is 5.32 Å². The first kappa shape index (κ1) is 14.8. The Morgan fingerprint density at radius 2 is 1.95 bits per heavy atom. The van der Waals surface area contributed by atoms with Crippen LogP contribution in [0.25, 0.3) is 0 Å². The summed E-state index contributed by atoms with van der Waals surface area (Å²) in [6.07, 6.45) is 5.64. The molecule has 2 heterocycles. The number of hydrogen-bond acceptors (Lipinski definition) is 3. The Morgan fingerprint density at radius 1 is 1.15 bits per heavy atom. The van der Waals surface area contributed by atoms with E-state index in [9.17, 15) is 0 Å². The van der Waals surface area contributed by atoms with E-state index in [2.05, 4.69) is 35.9 Å². The van der Waals surface area contributed by atoms with Crippen LogP contribution in [0.3, 0.4) is 0 Å². The monoisotopic (exact) mass is 279 g/mol. The molecule has 1 aliphatic carbocycles. The van der Waals surface area contributed by atoms with Crippen LogP contribution in [0, 0.1) is 11.8 Å². The minimum absolute atomic E-state index is 0.726. The molecule has 3 heteroatoms. The average Bonchev–Trinajstić information content (AvgIpc) is 3.18. The molecule has 3 fully saturated rings. The first-order valence-corrected chi connectivity index (χ1v) is 8.88. The van der Waals surface area contributed by atoms with E-state index in [4.69, 9.17) is 0 Å². The van der Waals surface area contributed by atoms with Gasteiger partial charge in [0.2, 0.25) is 0 Å². The maximum Gasteiger partial charge on any atom is 0.0224 e. The fourth-order valence-electron chi connectivity index (χ4n) is 4.14. The van der Waals surface area contributed by atoms with E-state index in [0.717, 1.165) is 30.0 Å². The summed E-state index contributed by atoms with van der Waals surface area (Å²) >= 11 is 0. The van der Waals surface area contributed by atoms with E-state index in [1.54, 1.807) is 0 Å². The van der Waals surface area contributed by atoms with Gasteiger partial charge in [0, 0.05) is 44.3 Å². The second-order valence-electron chi connectivity index (χ2n) is 7.61. The van der Waals surface area contributed by atoms with Crippen molar-refractivity contribution in [1.82, 2.24) is 15.1 Å². The van der Waals surface area contributed by atoms with Gasteiger partial charge in [-0.15, -0.1) is 0 Å². The van der Waals surface area contributed by atoms with E-state index in [1.807, 2.05) is 0 Å². The van der Waals surface area contributed by atoms with Crippen LogP contribution >= 0.6 is 0 Å². The fraction of sp³-hybridized carbons (Fsp3) is 1.00. The lowest BCUT2D eigenvalue weighted by molar-refractivity contribution is 0.0999. The molecular weight excluding hydrogens is 246 g/mol. The summed E-state index contributed by atoms with van der Waals surface area (Å²) in [4.78, 5) is 5.49. The number of piperazine rings is 1. The van der Waals surface area contributed by atoms with Gasteiger partial charge in [-0.3, -0.25) is 4.90 Å². The normalized spacial score (nSPS) is 36.9. The Bertz CT molecular complexity index is 313. The van der Waals surface area contributed by atoms with Crippen molar-refractivity contribution in [3.8, 4) is 0 Å². The zero-order valence-corrected chi connectivity index (χ0v) is 13.6. The molecule has 3 atom stereocenters. The summed E-state index contributed by atoms with van der Waals surface area (Å²) in [5.74, 6) is 1.90. The number of hydrogen-bond donors (Lipinski definition) is 1. The Morgan fingerprint density at radius 3 is 2.55 bits per heavy atom. The molecule has 0 bridgehead atoms. The molecule has 1 saturated carbocycles. The van der Waals surface area contributed by atoms with Crippen LogP contribution in [0.5, 0.6) is 0 Å². The molecule has 0 aromatic heterocycles. The first-order chi connectivity index (χ1) is 9.67. The van der Waals surface area contributed by atoms with Gasteiger partial charge in [-0.25, -0.2) is 0 Å². The van der Waals surface area contributed by atoms with Crippen molar-refractivity contribution < 1.29 is 0 Å². The molecule has 3 unspecified atom stereocenters. The number of nitrogens with zero attached hydrogens (tertiary/aromatic N) is 2. The van der Waals surface area contributed by atoms with Crippen LogP contribution in [0.15, 0.2) is 0 Å². The molecule has 3 aliphatic rings. The maximum absolute atomic E-state index is 3.81. The lowest BCUT2D eigenvalue weighted by atomic mass is 10.0. The molecule has 3 nitrogen and oxygen atoms in total. The highest BCUT2D eigenvalue weighted by atomic mass is 15.3. The van der Waals surface area contributed by atoms with Gasteiger partial charge in [-0.05, 0) is 57.9 Å². The van der Waals surface area contributed by atoms with E-state index in [1.165, 1.54) is 58.4 Å². The SMILES string of the molecule is CCC1CNC(C2CC2)CN1CC1CCN(C(C)C)C1. The van der Waals surface area contributed by atoms with Crippen molar-refractivity contribution in [2.45, 2.75) is 64.6 Å². The van der Waals surface area contributed by atoms with Gasteiger partial charge in [0.15, 0.2) is 0 Å². The molecule has 0 radical (unpaired) electrons. The third-order valence-electron chi connectivity index (χ3n) is 5.77. The zero-order chi connectivity index (χ0) is 14.1. The molecular formula is C17H33N3. The summed E-state index contributed by atoms with van der Waals surface area (Å²) in [6.45, 7) is 13.5. The van der Waals surface area contributed by atoms with Crippen molar-refractivity contribution in [1.29, 1.82) is 0 Å². The van der Waals surface area contributed by atoms with Crippen LogP contribution in [-0.4, -0.2) is 60.6 Å². The second kappa shape index (κ2) is 6.33. The quantitative estimate of drug-likeness (QED) is 0.832. The fourth-order valence-corrected chi connectivity index (χ4v) is 4.14. The molecule has 0 aromatic carbocycles. The van der Waals surface area contributed by atoms with Crippen molar-refractivity contribution in [2.24, 2.45) is 11.8 Å². The van der Waals surface area contributed by atoms with Gasteiger partial charge >= 0.3 is 0 Å². The predicted molar refractivity (Wildman–Crippen MR) is 85.0 cm³/mol. The van der Waals surface area contributed by atoms with Crippen molar-refractivity contribution in [3.05, 3.63) is 0 Å². The standard InChI is InChI=1S/C17H33N3/c1-4-16-9-18-17(15-5-6-15)12-20(16)11-14-7-8-19(10-14)13(2)3/h13-18H,4-12H2,1-3H3. The third kappa shape index (κ3) is 3.37. The lowest BCUT2D eigenvalue weighted by Crippen LogP contribution is -2.58. The van der Waals surface area contributed by atoms with Gasteiger partial charge in [0.05, 0.1) is 0 Å². The van der Waals surface area contributed by atoms with Gasteiger partial charge in [0.25, 0.3) is 0 Å². The molecule has 3 rings (SSSR count). The Hall–Kier alpha value is -0.120.